The van der Waals surface area contributed by atoms with Crippen LogP contribution in [0.4, 0.5) is 0 Å². The number of ether oxygens (including phenoxy) is 1. The van der Waals surface area contributed by atoms with Crippen LogP contribution >= 0.6 is 0 Å². The number of para-hydroxylation sites is 1. The van der Waals surface area contributed by atoms with Crippen LogP contribution < -0.4 is 0 Å². The van der Waals surface area contributed by atoms with E-state index in [0.29, 0.717) is 12.1 Å². The average molecular weight is 366 g/mol. The highest BCUT2D eigenvalue weighted by Crippen LogP contribution is 2.25. The number of allylic oxidation sites excluding steroid dienone is 2. The smallest absolute Gasteiger partial charge is 0.302 e. The van der Waals surface area contributed by atoms with Crippen molar-refractivity contribution in [3.63, 3.8) is 0 Å². The molecule has 1 aromatic heterocycles. The average Bonchev–Trinajstić information content (AvgIpc) is 3.06. The van der Waals surface area contributed by atoms with Crippen molar-refractivity contribution in [3.05, 3.63) is 60.6 Å². The first-order valence-electron chi connectivity index (χ1n) is 8.85. The van der Waals surface area contributed by atoms with Gasteiger partial charge in [-0.3, -0.25) is 19.0 Å². The van der Waals surface area contributed by atoms with Crippen molar-refractivity contribution in [2.45, 2.75) is 20.3 Å². The second-order valence-electron chi connectivity index (χ2n) is 6.51. The van der Waals surface area contributed by atoms with E-state index < -0.39 is 0 Å². The number of carbonyl (C=O) groups excluding carboxylic acids is 3. The molecule has 3 rings (SSSR count). The quantitative estimate of drug-likeness (QED) is 0.735. The molecule has 0 radical (unpaired) electrons. The van der Waals surface area contributed by atoms with E-state index in [0.717, 1.165) is 10.9 Å². The van der Waals surface area contributed by atoms with E-state index in [2.05, 4.69) is 0 Å². The molecule has 0 aliphatic carbocycles. The number of esters is 1. The van der Waals surface area contributed by atoms with Crippen molar-refractivity contribution < 1.29 is 19.1 Å². The Morgan fingerprint density at radius 3 is 2.63 bits per heavy atom. The molecule has 140 valence electrons. The van der Waals surface area contributed by atoms with Crippen LogP contribution in [0.25, 0.3) is 10.9 Å². The molecule has 27 heavy (non-hydrogen) atoms. The Hall–Kier alpha value is -3.15. The van der Waals surface area contributed by atoms with Crippen LogP contribution in [-0.4, -0.2) is 40.3 Å². The van der Waals surface area contributed by atoms with E-state index in [1.165, 1.54) is 13.8 Å². The molecule has 6 heteroatoms. The molecule has 1 aromatic carbocycles. The molecule has 0 saturated heterocycles. The second-order valence-corrected chi connectivity index (χ2v) is 6.51. The molecule has 2 heterocycles. The van der Waals surface area contributed by atoms with E-state index in [1.54, 1.807) is 21.9 Å². The van der Waals surface area contributed by atoms with Crippen molar-refractivity contribution in [2.24, 2.45) is 5.92 Å². The van der Waals surface area contributed by atoms with Gasteiger partial charge in [-0.05, 0) is 19.1 Å². The van der Waals surface area contributed by atoms with Crippen LogP contribution in [-0.2, 0) is 14.3 Å². The van der Waals surface area contributed by atoms with Gasteiger partial charge in [-0.1, -0.05) is 24.3 Å². The van der Waals surface area contributed by atoms with E-state index in [-0.39, 0.29) is 36.6 Å². The summed E-state index contributed by atoms with van der Waals surface area (Å²) in [6, 6.07) is 9.60. The topological polar surface area (TPSA) is 68.6 Å². The SMILES string of the molecule is CC(=O)OCCN1C=CC(CC(=O)n2ccc3ccccc32)C(C(C)=O)=C1. The Balaban J connectivity index is 1.72. The third-order valence-corrected chi connectivity index (χ3v) is 4.54. The van der Waals surface area contributed by atoms with E-state index >= 15 is 0 Å². The van der Waals surface area contributed by atoms with Crippen LogP contribution in [0.3, 0.4) is 0 Å². The van der Waals surface area contributed by atoms with E-state index in [1.807, 2.05) is 42.6 Å². The fourth-order valence-electron chi connectivity index (χ4n) is 3.19. The van der Waals surface area contributed by atoms with Gasteiger partial charge in [-0.2, -0.15) is 0 Å². The van der Waals surface area contributed by atoms with Gasteiger partial charge in [0, 0.05) is 48.8 Å². The number of nitrogens with zero attached hydrogens (tertiary/aromatic N) is 2. The summed E-state index contributed by atoms with van der Waals surface area (Å²) in [5, 5.41) is 1.00. The van der Waals surface area contributed by atoms with Gasteiger partial charge >= 0.3 is 5.97 Å². The molecule has 0 saturated carbocycles. The summed E-state index contributed by atoms with van der Waals surface area (Å²) in [4.78, 5) is 37.6. The number of carbonyl (C=O) groups is 3. The molecule has 1 aliphatic rings. The van der Waals surface area contributed by atoms with Crippen LogP contribution in [0.2, 0.25) is 0 Å². The minimum atomic E-state index is -0.339. The van der Waals surface area contributed by atoms with Crippen molar-refractivity contribution in [1.82, 2.24) is 9.47 Å². The lowest BCUT2D eigenvalue weighted by Gasteiger charge is -2.25. The first-order valence-corrected chi connectivity index (χ1v) is 8.85. The summed E-state index contributed by atoms with van der Waals surface area (Å²) >= 11 is 0. The predicted molar refractivity (Wildman–Crippen MR) is 102 cm³/mol. The molecule has 0 fully saturated rings. The van der Waals surface area contributed by atoms with E-state index in [9.17, 15) is 14.4 Å². The van der Waals surface area contributed by atoms with Crippen molar-refractivity contribution in [1.29, 1.82) is 0 Å². The number of hydrogen-bond donors (Lipinski definition) is 0. The minimum Gasteiger partial charge on any atom is -0.464 e. The van der Waals surface area contributed by atoms with Gasteiger partial charge in [-0.25, -0.2) is 0 Å². The number of Topliss-reactive ketones (excluding diaryl/α,β-unsaturated/α-hetero) is 1. The standard InChI is InChI=1S/C21H22N2O4/c1-15(24)19-14-22(11-12-27-16(2)25)9-7-18(19)13-21(26)23-10-8-17-5-3-4-6-20(17)23/h3-10,14,18H,11-13H2,1-2H3. The Labute approximate surface area is 157 Å². The Morgan fingerprint density at radius 2 is 1.89 bits per heavy atom. The molecule has 1 atom stereocenters. The van der Waals surface area contributed by atoms with Gasteiger partial charge in [0.05, 0.1) is 12.1 Å². The maximum atomic E-state index is 12.8. The summed E-state index contributed by atoms with van der Waals surface area (Å²) < 4.78 is 6.57. The number of fused-ring (bicyclic) bond motifs is 1. The van der Waals surface area contributed by atoms with Gasteiger partial charge in [0.1, 0.15) is 6.61 Å². The maximum absolute atomic E-state index is 12.8. The highest BCUT2D eigenvalue weighted by Gasteiger charge is 2.24. The van der Waals surface area contributed by atoms with Gasteiger partial charge in [-0.15, -0.1) is 0 Å². The molecule has 6 nitrogen and oxygen atoms in total. The minimum absolute atomic E-state index is 0.0636. The number of ketones is 1. The van der Waals surface area contributed by atoms with E-state index in [4.69, 9.17) is 4.74 Å². The largest absolute Gasteiger partial charge is 0.464 e. The number of rotatable bonds is 6. The Kier molecular flexibility index (Phi) is 5.54. The number of hydrogen-bond acceptors (Lipinski definition) is 5. The normalized spacial score (nSPS) is 16.3. The summed E-state index contributed by atoms with van der Waals surface area (Å²) in [5.41, 5.74) is 1.43. The third-order valence-electron chi connectivity index (χ3n) is 4.54. The molecular weight excluding hydrogens is 344 g/mol. The number of aromatic nitrogens is 1. The summed E-state index contributed by atoms with van der Waals surface area (Å²) in [5.74, 6) is -0.756. The summed E-state index contributed by atoms with van der Waals surface area (Å²) in [6.45, 7) is 3.54. The maximum Gasteiger partial charge on any atom is 0.302 e. The molecule has 0 N–H and O–H groups in total. The monoisotopic (exact) mass is 366 g/mol. The van der Waals surface area contributed by atoms with Crippen molar-refractivity contribution in [3.8, 4) is 0 Å². The lowest BCUT2D eigenvalue weighted by Crippen LogP contribution is -2.26. The fourth-order valence-corrected chi connectivity index (χ4v) is 3.19. The highest BCUT2D eigenvalue weighted by molar-refractivity contribution is 5.97. The zero-order valence-corrected chi connectivity index (χ0v) is 15.4. The van der Waals surface area contributed by atoms with Crippen LogP contribution in [0, 0.1) is 5.92 Å². The molecule has 0 spiro atoms. The van der Waals surface area contributed by atoms with Crippen molar-refractivity contribution >= 4 is 28.6 Å². The lowest BCUT2D eigenvalue weighted by atomic mass is 9.91. The van der Waals surface area contributed by atoms with Crippen LogP contribution in [0.15, 0.2) is 60.6 Å². The van der Waals surface area contributed by atoms with Crippen LogP contribution in [0.5, 0.6) is 0 Å². The molecular formula is C21H22N2O4. The van der Waals surface area contributed by atoms with Crippen LogP contribution in [0.1, 0.15) is 25.1 Å². The fraction of sp³-hybridized carbons (Fsp3) is 0.286. The van der Waals surface area contributed by atoms with Gasteiger partial charge < -0.3 is 9.64 Å². The first-order chi connectivity index (χ1) is 13.0. The lowest BCUT2D eigenvalue weighted by molar-refractivity contribution is -0.141. The first kappa shape index (κ1) is 18.6. The molecule has 2 aromatic rings. The highest BCUT2D eigenvalue weighted by atomic mass is 16.5. The zero-order valence-electron chi connectivity index (χ0n) is 15.4. The molecule has 0 amide bonds. The summed E-state index contributed by atoms with van der Waals surface area (Å²) in [7, 11) is 0. The summed E-state index contributed by atoms with van der Waals surface area (Å²) in [6.07, 6.45) is 7.38. The number of benzene rings is 1. The molecule has 0 bridgehead atoms. The Morgan fingerprint density at radius 1 is 1.11 bits per heavy atom. The van der Waals surface area contributed by atoms with Gasteiger partial charge in [0.15, 0.2) is 5.78 Å². The molecule has 1 aliphatic heterocycles. The second kappa shape index (κ2) is 8.03. The zero-order chi connectivity index (χ0) is 19.4. The molecule has 1 unspecified atom stereocenters. The van der Waals surface area contributed by atoms with Gasteiger partial charge in [0.25, 0.3) is 0 Å². The van der Waals surface area contributed by atoms with Crippen molar-refractivity contribution in [2.75, 3.05) is 13.2 Å². The van der Waals surface area contributed by atoms with Gasteiger partial charge in [0.2, 0.25) is 5.91 Å². The predicted octanol–water partition coefficient (Wildman–Crippen LogP) is 3.15. The Bertz CT molecular complexity index is 939. The third kappa shape index (κ3) is 4.34.